The molecule has 6 heavy (non-hydrogen) atoms. The molecule has 0 saturated heterocycles. The average molecular weight is 227 g/mol. The van der Waals surface area contributed by atoms with E-state index in [1.54, 1.807) is 0 Å². The Balaban J connectivity index is 0. The van der Waals surface area contributed by atoms with E-state index < -0.39 is 0 Å². The molecule has 0 rings (SSSR count). The van der Waals surface area contributed by atoms with E-state index in [4.69, 9.17) is 4.79 Å². The summed E-state index contributed by atoms with van der Waals surface area (Å²) in [7, 11) is 0. The first-order chi connectivity index (χ1) is 2.83. The van der Waals surface area contributed by atoms with Gasteiger partial charge in [-0.25, -0.2) is 0 Å². The van der Waals surface area contributed by atoms with Gasteiger partial charge in [0, 0.05) is 6.92 Å². The predicted octanol–water partition coefficient (Wildman–Crippen LogP) is 1.43. The molecule has 0 aromatic carbocycles. The monoisotopic (exact) mass is 225 g/mol. The van der Waals surface area contributed by atoms with Crippen molar-refractivity contribution in [1.82, 2.24) is 0 Å². The van der Waals surface area contributed by atoms with Crippen LogP contribution in [0.5, 0.6) is 0 Å². The van der Waals surface area contributed by atoms with Crippen molar-refractivity contribution in [2.75, 3.05) is 0 Å². The normalized spacial score (nSPS) is 3.83. The van der Waals surface area contributed by atoms with E-state index in [0.717, 1.165) is 0 Å². The fraction of sp³-hybridized carbons (Fsp3) is 0.500. The minimum absolute atomic E-state index is 0.0417. The summed E-state index contributed by atoms with van der Waals surface area (Å²) >= 11 is 6.44. The van der Waals surface area contributed by atoms with E-state index in [2.05, 4.69) is 25.8 Å². The SMILES string of the molecule is C[C]=O.[Br][Mg][Br]. The molecule has 0 fully saturated rings. The molecule has 0 atom stereocenters. The molecule has 0 amide bonds. The van der Waals surface area contributed by atoms with E-state index in [1.807, 2.05) is 0 Å². The number of hydrogen-bond acceptors (Lipinski definition) is 1. The second kappa shape index (κ2) is 16.1. The van der Waals surface area contributed by atoms with Crippen molar-refractivity contribution in [3.05, 3.63) is 0 Å². The molecule has 0 aromatic rings. The number of carbonyl (C=O) groups excluding carboxylic acids is 1. The molecule has 0 aromatic heterocycles. The first-order valence-electron chi connectivity index (χ1n) is 1.24. The summed E-state index contributed by atoms with van der Waals surface area (Å²) in [4.78, 5) is 8.68. The molecular weight excluding hydrogens is 224 g/mol. The molecule has 4 heteroatoms. The Morgan fingerprint density at radius 1 is 1.67 bits per heavy atom. The Labute approximate surface area is 59.3 Å². The van der Waals surface area contributed by atoms with Crippen LogP contribution in [0.2, 0.25) is 0 Å². The Morgan fingerprint density at radius 3 is 1.67 bits per heavy atom. The van der Waals surface area contributed by atoms with Crippen molar-refractivity contribution in [2.45, 2.75) is 6.92 Å². The zero-order valence-corrected chi connectivity index (χ0v) is 7.96. The summed E-state index contributed by atoms with van der Waals surface area (Å²) in [6.45, 7) is 1.32. The summed E-state index contributed by atoms with van der Waals surface area (Å²) in [5.41, 5.74) is 0. The standard InChI is InChI=1S/C2H3O.2BrH.Mg/c1-2-3;;;/h1H3;2*1H;/q;;;+2/p-2. The maximum atomic E-state index is 8.68. The largest absolute Gasteiger partial charge is 0.560 e. The Kier molecular flexibility index (Phi) is 28.0. The summed E-state index contributed by atoms with van der Waals surface area (Å²) < 4.78 is 0. The predicted molar refractivity (Wildman–Crippen MR) is 35.0 cm³/mol. The minimum Gasteiger partial charge on any atom is -0.291 e. The van der Waals surface area contributed by atoms with Gasteiger partial charge in [0.15, 0.2) is 6.29 Å². The lowest BCUT2D eigenvalue weighted by Gasteiger charge is -1.33. The highest BCUT2D eigenvalue weighted by Crippen LogP contribution is 1.77. The molecular formula is C2H3Br2MgO. The smallest absolute Gasteiger partial charge is 0.291 e. The van der Waals surface area contributed by atoms with Gasteiger partial charge in [0.2, 0.25) is 0 Å². The van der Waals surface area contributed by atoms with E-state index in [0.29, 0.717) is 0 Å². The highest BCUT2D eigenvalue weighted by molar-refractivity contribution is 9.47. The summed E-state index contributed by atoms with van der Waals surface area (Å²) in [5, 5.41) is 0. The van der Waals surface area contributed by atoms with Crippen molar-refractivity contribution in [3.8, 4) is 0 Å². The second-order valence-electron chi connectivity index (χ2n) is 0.305. The third kappa shape index (κ3) is 53.5. The van der Waals surface area contributed by atoms with Gasteiger partial charge < -0.3 is 0 Å². The highest BCUT2D eigenvalue weighted by Gasteiger charge is 1.62. The van der Waals surface area contributed by atoms with Gasteiger partial charge in [-0.1, -0.05) is 0 Å². The summed E-state index contributed by atoms with van der Waals surface area (Å²) in [6.07, 6.45) is 1.50. The molecule has 0 bridgehead atoms. The van der Waals surface area contributed by atoms with Crippen LogP contribution in [0.15, 0.2) is 0 Å². The fourth-order valence-electron chi connectivity index (χ4n) is 0. The van der Waals surface area contributed by atoms with Crippen molar-refractivity contribution in [1.29, 1.82) is 0 Å². The third-order valence-electron chi connectivity index (χ3n) is 0. The Bertz CT molecular complexity index is 25.5. The number of halogens is 2. The number of hydrogen-bond donors (Lipinski definition) is 0. The molecule has 0 spiro atoms. The lowest BCUT2D eigenvalue weighted by Crippen LogP contribution is -1.35. The van der Waals surface area contributed by atoms with Gasteiger partial charge >= 0.3 is 16.0 Å². The average Bonchev–Trinajstić information content (AvgIpc) is 1.39. The van der Waals surface area contributed by atoms with E-state index >= 15 is 0 Å². The van der Waals surface area contributed by atoms with E-state index in [1.165, 1.54) is 13.2 Å². The fourth-order valence-corrected chi connectivity index (χ4v) is 0. The van der Waals surface area contributed by atoms with Crippen LogP contribution < -0.4 is 0 Å². The van der Waals surface area contributed by atoms with Gasteiger partial charge in [-0.2, -0.15) is 0 Å². The molecule has 0 unspecified atom stereocenters. The Hall–Kier alpha value is 1.40. The quantitative estimate of drug-likeness (QED) is 0.572. The van der Waals surface area contributed by atoms with Gasteiger partial charge in [0.05, 0.1) is 0 Å². The van der Waals surface area contributed by atoms with Crippen LogP contribution in [0, 0.1) is 0 Å². The van der Waals surface area contributed by atoms with Crippen LogP contribution in [0.25, 0.3) is 0 Å². The maximum absolute atomic E-state index is 8.68. The van der Waals surface area contributed by atoms with Gasteiger partial charge in [-0.3, -0.25) is 30.6 Å². The zero-order chi connectivity index (χ0) is 5.41. The van der Waals surface area contributed by atoms with E-state index in [-0.39, 0.29) is 16.0 Å². The molecule has 0 aliphatic rings. The first-order valence-corrected chi connectivity index (χ1v) is 9.04. The van der Waals surface area contributed by atoms with Gasteiger partial charge in [-0.15, -0.1) is 0 Å². The third-order valence-corrected chi connectivity index (χ3v) is 0. The summed E-state index contributed by atoms with van der Waals surface area (Å²) in [5.74, 6) is 0. The first kappa shape index (κ1) is 10.4. The van der Waals surface area contributed by atoms with E-state index in [9.17, 15) is 0 Å². The molecule has 33 valence electrons. The second-order valence-corrected chi connectivity index (χ2v) is 8.39. The molecule has 0 N–H and O–H groups in total. The lowest BCUT2D eigenvalue weighted by atomic mass is 11.0. The highest BCUT2D eigenvalue weighted by atomic mass is 79.9. The molecule has 0 aliphatic heterocycles. The Morgan fingerprint density at radius 2 is 1.67 bits per heavy atom. The van der Waals surface area contributed by atoms with Crippen LogP contribution in [-0.2, 0) is 4.79 Å². The van der Waals surface area contributed by atoms with Crippen molar-refractivity contribution in [2.24, 2.45) is 0 Å². The number of rotatable bonds is 0. The molecule has 1 radical (unpaired) electrons. The maximum Gasteiger partial charge on any atom is 0.560 e. The molecule has 0 heterocycles. The van der Waals surface area contributed by atoms with Crippen LogP contribution in [0.4, 0.5) is 0 Å². The molecule has 0 saturated carbocycles. The van der Waals surface area contributed by atoms with Gasteiger partial charge in [0.1, 0.15) is 0 Å². The minimum atomic E-state index is 0.0417. The zero-order valence-electron chi connectivity index (χ0n) is 3.37. The van der Waals surface area contributed by atoms with Crippen molar-refractivity contribution in [3.63, 3.8) is 0 Å². The van der Waals surface area contributed by atoms with Crippen molar-refractivity contribution >= 4 is 48.1 Å². The molecule has 0 aliphatic carbocycles. The van der Waals surface area contributed by atoms with Crippen LogP contribution in [0.1, 0.15) is 6.92 Å². The van der Waals surface area contributed by atoms with Crippen LogP contribution in [-0.4, -0.2) is 22.3 Å². The lowest BCUT2D eigenvalue weighted by molar-refractivity contribution is 0.560. The van der Waals surface area contributed by atoms with Crippen LogP contribution in [0.3, 0.4) is 0 Å². The topological polar surface area (TPSA) is 17.1 Å². The van der Waals surface area contributed by atoms with Gasteiger partial charge in [-0.05, 0) is 0 Å². The van der Waals surface area contributed by atoms with Crippen LogP contribution >= 0.6 is 25.8 Å². The molecule has 1 nitrogen and oxygen atoms in total. The van der Waals surface area contributed by atoms with Gasteiger partial charge in [0.25, 0.3) is 0 Å². The van der Waals surface area contributed by atoms with Crippen molar-refractivity contribution < 1.29 is 4.79 Å². The summed E-state index contributed by atoms with van der Waals surface area (Å²) in [6, 6.07) is 0.